The summed E-state index contributed by atoms with van der Waals surface area (Å²) in [5, 5.41) is 15.7. The normalized spacial score (nSPS) is 10.7. The van der Waals surface area contributed by atoms with Crippen LogP contribution in [0.4, 0.5) is 0 Å². The molecule has 0 spiro atoms. The van der Waals surface area contributed by atoms with Gasteiger partial charge < -0.3 is 4.57 Å². The summed E-state index contributed by atoms with van der Waals surface area (Å²) < 4.78 is 2.17. The molecule has 0 saturated carbocycles. The van der Waals surface area contributed by atoms with Crippen LogP contribution in [0, 0.1) is 11.3 Å². The number of H-pyrrole nitrogens is 1. The van der Waals surface area contributed by atoms with Crippen LogP contribution in [0.2, 0.25) is 0 Å². The number of aromatic amines is 1. The molecule has 0 aliphatic rings. The fraction of sp³-hybridized carbons (Fsp3) is 0.214. The third-order valence-electron chi connectivity index (χ3n) is 3.08. The van der Waals surface area contributed by atoms with Crippen molar-refractivity contribution in [3.8, 4) is 17.5 Å². The van der Waals surface area contributed by atoms with Gasteiger partial charge in [0.05, 0.1) is 34.4 Å². The molecule has 3 rings (SSSR count). The highest BCUT2D eigenvalue weighted by Crippen LogP contribution is 2.25. The van der Waals surface area contributed by atoms with Gasteiger partial charge in [-0.05, 0) is 24.6 Å². The van der Waals surface area contributed by atoms with Crippen LogP contribution in [-0.2, 0) is 6.54 Å². The zero-order chi connectivity index (χ0) is 13.2. The summed E-state index contributed by atoms with van der Waals surface area (Å²) in [4.78, 5) is 4.63. The molecule has 1 N–H and O–H groups in total. The molecule has 0 amide bonds. The molecule has 5 heteroatoms. The van der Waals surface area contributed by atoms with E-state index in [4.69, 9.17) is 5.26 Å². The molecular weight excluding hydrogens is 238 g/mol. The second-order valence-electron chi connectivity index (χ2n) is 4.39. The van der Waals surface area contributed by atoms with E-state index in [0.717, 1.165) is 35.4 Å². The third kappa shape index (κ3) is 1.87. The molecule has 1 aromatic carbocycles. The van der Waals surface area contributed by atoms with Gasteiger partial charge in [0.25, 0.3) is 0 Å². The van der Waals surface area contributed by atoms with Gasteiger partial charge in [-0.1, -0.05) is 6.92 Å². The fourth-order valence-electron chi connectivity index (χ4n) is 2.24. The second kappa shape index (κ2) is 4.58. The lowest BCUT2D eigenvalue weighted by Crippen LogP contribution is -1.99. The van der Waals surface area contributed by atoms with E-state index in [9.17, 15) is 0 Å². The van der Waals surface area contributed by atoms with Crippen molar-refractivity contribution in [1.29, 1.82) is 5.26 Å². The zero-order valence-electron chi connectivity index (χ0n) is 10.6. The van der Waals surface area contributed by atoms with Crippen LogP contribution < -0.4 is 0 Å². The van der Waals surface area contributed by atoms with Gasteiger partial charge >= 0.3 is 0 Å². The quantitative estimate of drug-likeness (QED) is 0.778. The Morgan fingerprint density at radius 3 is 3.00 bits per heavy atom. The fourth-order valence-corrected chi connectivity index (χ4v) is 2.24. The van der Waals surface area contributed by atoms with Crippen LogP contribution in [-0.4, -0.2) is 19.7 Å². The zero-order valence-corrected chi connectivity index (χ0v) is 10.6. The van der Waals surface area contributed by atoms with E-state index in [1.165, 1.54) is 0 Å². The maximum atomic E-state index is 8.96. The average molecular weight is 251 g/mol. The number of nitrogens with one attached hydrogen (secondary N) is 1. The van der Waals surface area contributed by atoms with Crippen LogP contribution in [0.25, 0.3) is 22.4 Å². The van der Waals surface area contributed by atoms with Gasteiger partial charge in [0.1, 0.15) is 5.82 Å². The van der Waals surface area contributed by atoms with Crippen molar-refractivity contribution >= 4 is 11.0 Å². The van der Waals surface area contributed by atoms with Gasteiger partial charge in [0, 0.05) is 12.7 Å². The lowest BCUT2D eigenvalue weighted by Gasteiger charge is -2.05. The van der Waals surface area contributed by atoms with Gasteiger partial charge in [-0.2, -0.15) is 10.4 Å². The first-order valence-electron chi connectivity index (χ1n) is 6.23. The molecule has 94 valence electrons. The number of rotatable bonds is 3. The number of hydrogen-bond donors (Lipinski definition) is 1. The maximum absolute atomic E-state index is 8.96. The van der Waals surface area contributed by atoms with Crippen LogP contribution in [0.15, 0.2) is 30.6 Å². The lowest BCUT2D eigenvalue weighted by molar-refractivity contribution is 0.704. The number of benzene rings is 1. The van der Waals surface area contributed by atoms with Gasteiger partial charge in [-0.15, -0.1) is 0 Å². The number of nitrogens with zero attached hydrogens (tertiary/aromatic N) is 4. The second-order valence-corrected chi connectivity index (χ2v) is 4.39. The van der Waals surface area contributed by atoms with Crippen molar-refractivity contribution in [3.05, 3.63) is 36.2 Å². The molecule has 0 atom stereocenters. The molecular formula is C14H13N5. The minimum absolute atomic E-state index is 0.632. The predicted molar refractivity (Wildman–Crippen MR) is 72.3 cm³/mol. The highest BCUT2D eigenvalue weighted by atomic mass is 15.1. The Morgan fingerprint density at radius 1 is 1.42 bits per heavy atom. The molecule has 0 radical (unpaired) electrons. The van der Waals surface area contributed by atoms with Crippen molar-refractivity contribution in [2.24, 2.45) is 0 Å². The third-order valence-corrected chi connectivity index (χ3v) is 3.08. The summed E-state index contributed by atoms with van der Waals surface area (Å²) in [6.07, 6.45) is 4.62. The molecule has 2 aromatic heterocycles. The van der Waals surface area contributed by atoms with Gasteiger partial charge in [0.2, 0.25) is 0 Å². The Hall–Kier alpha value is -2.61. The number of fused-ring (bicyclic) bond motifs is 1. The standard InChI is InChI=1S/C14H13N5/c1-2-5-19-13-4-3-10(7-15)6-12(13)18-14(19)11-8-16-17-9-11/h3-4,6,8-9H,2,5H2,1H3,(H,16,17). The van der Waals surface area contributed by atoms with E-state index in [1.54, 1.807) is 6.20 Å². The molecule has 0 aliphatic heterocycles. The topological polar surface area (TPSA) is 70.3 Å². The first kappa shape index (κ1) is 11.5. The molecule has 5 nitrogen and oxygen atoms in total. The molecule has 0 aliphatic carbocycles. The van der Waals surface area contributed by atoms with Gasteiger partial charge in [0.15, 0.2) is 0 Å². The van der Waals surface area contributed by atoms with E-state index in [0.29, 0.717) is 5.56 Å². The number of nitriles is 1. The van der Waals surface area contributed by atoms with Crippen molar-refractivity contribution in [2.75, 3.05) is 0 Å². The predicted octanol–water partition coefficient (Wildman–Crippen LogP) is 2.71. The van der Waals surface area contributed by atoms with E-state index in [1.807, 2.05) is 24.4 Å². The Kier molecular flexibility index (Phi) is 2.76. The largest absolute Gasteiger partial charge is 0.324 e. The van der Waals surface area contributed by atoms with Crippen LogP contribution in [0.1, 0.15) is 18.9 Å². The average Bonchev–Trinajstić information content (AvgIpc) is 3.06. The highest BCUT2D eigenvalue weighted by molar-refractivity contribution is 5.81. The van der Waals surface area contributed by atoms with Gasteiger partial charge in [-0.25, -0.2) is 4.98 Å². The van der Waals surface area contributed by atoms with E-state index in [-0.39, 0.29) is 0 Å². The number of aromatic nitrogens is 4. The summed E-state index contributed by atoms with van der Waals surface area (Å²) in [5.74, 6) is 0.890. The molecule has 0 bridgehead atoms. The first-order valence-corrected chi connectivity index (χ1v) is 6.23. The van der Waals surface area contributed by atoms with Crippen LogP contribution >= 0.6 is 0 Å². The summed E-state index contributed by atoms with van der Waals surface area (Å²) in [6, 6.07) is 7.76. The molecule has 2 heterocycles. The number of hydrogen-bond acceptors (Lipinski definition) is 3. The summed E-state index contributed by atoms with van der Waals surface area (Å²) in [6.45, 7) is 3.03. The monoisotopic (exact) mass is 251 g/mol. The Labute approximate surface area is 110 Å². The highest BCUT2D eigenvalue weighted by Gasteiger charge is 2.13. The van der Waals surface area contributed by atoms with Crippen molar-refractivity contribution in [2.45, 2.75) is 19.9 Å². The van der Waals surface area contributed by atoms with Gasteiger partial charge in [-0.3, -0.25) is 5.10 Å². The molecule has 19 heavy (non-hydrogen) atoms. The van der Waals surface area contributed by atoms with E-state index < -0.39 is 0 Å². The lowest BCUT2D eigenvalue weighted by atomic mass is 10.2. The molecule has 0 saturated heterocycles. The van der Waals surface area contributed by atoms with E-state index in [2.05, 4.69) is 32.7 Å². The maximum Gasteiger partial charge on any atom is 0.144 e. The van der Waals surface area contributed by atoms with Crippen LogP contribution in [0.3, 0.4) is 0 Å². The summed E-state index contributed by atoms with van der Waals surface area (Å²) in [7, 11) is 0. The van der Waals surface area contributed by atoms with Crippen molar-refractivity contribution < 1.29 is 0 Å². The molecule has 3 aromatic rings. The Morgan fingerprint density at radius 2 is 2.32 bits per heavy atom. The first-order chi connectivity index (χ1) is 9.33. The van der Waals surface area contributed by atoms with Crippen molar-refractivity contribution in [1.82, 2.24) is 19.7 Å². The van der Waals surface area contributed by atoms with Crippen LogP contribution in [0.5, 0.6) is 0 Å². The minimum Gasteiger partial charge on any atom is -0.324 e. The SMILES string of the molecule is CCCn1c(-c2cn[nH]c2)nc2cc(C#N)ccc21. The Bertz CT molecular complexity index is 746. The van der Waals surface area contributed by atoms with E-state index >= 15 is 0 Å². The summed E-state index contributed by atoms with van der Waals surface area (Å²) in [5.41, 5.74) is 3.50. The Balaban J connectivity index is 2.26. The minimum atomic E-state index is 0.632. The number of aryl methyl sites for hydroxylation is 1. The molecule has 0 fully saturated rings. The number of imidazole rings is 1. The summed E-state index contributed by atoms with van der Waals surface area (Å²) >= 11 is 0. The smallest absolute Gasteiger partial charge is 0.144 e. The van der Waals surface area contributed by atoms with Crippen molar-refractivity contribution in [3.63, 3.8) is 0 Å². The molecule has 0 unspecified atom stereocenters.